The lowest BCUT2D eigenvalue weighted by Crippen LogP contribution is -2.27. The first kappa shape index (κ1) is 20.6. The lowest BCUT2D eigenvalue weighted by molar-refractivity contribution is -0.304. The number of ether oxygens (including phenoxy) is 1. The van der Waals surface area contributed by atoms with Gasteiger partial charge in [0.1, 0.15) is 17.9 Å². The molecule has 3 rings (SSSR count). The Morgan fingerprint density at radius 2 is 1.69 bits per heavy atom. The molecule has 5 heteroatoms. The van der Waals surface area contributed by atoms with E-state index in [1.165, 1.54) is 5.56 Å². The molecule has 0 radical (unpaired) electrons. The van der Waals surface area contributed by atoms with Gasteiger partial charge in [0.15, 0.2) is 0 Å². The number of rotatable bonds is 5. The SMILES string of the molecule is Cc1c(CC(=O)[O-])c(=O)oc2c(C)c(OCc3ccc(C(C)(C)C)cc3)ccc12. The van der Waals surface area contributed by atoms with Gasteiger partial charge in [0.2, 0.25) is 0 Å². The second-order valence-corrected chi connectivity index (χ2v) is 8.34. The van der Waals surface area contributed by atoms with E-state index in [2.05, 4.69) is 32.9 Å². The van der Waals surface area contributed by atoms with Crippen molar-refractivity contribution in [3.05, 3.63) is 74.6 Å². The third-order valence-electron chi connectivity index (χ3n) is 5.19. The van der Waals surface area contributed by atoms with Gasteiger partial charge < -0.3 is 19.1 Å². The molecule has 0 aliphatic rings. The standard InChI is InChI=1S/C24H26O5/c1-14-18-10-11-20(15(2)22(18)29-23(27)19(14)12-21(25)26)28-13-16-6-8-17(9-7-16)24(3,4)5/h6-11H,12-13H2,1-5H3,(H,25,26)/p-1. The summed E-state index contributed by atoms with van der Waals surface area (Å²) in [6, 6.07) is 11.9. The van der Waals surface area contributed by atoms with E-state index in [-0.39, 0.29) is 11.0 Å². The van der Waals surface area contributed by atoms with Gasteiger partial charge in [-0.2, -0.15) is 0 Å². The van der Waals surface area contributed by atoms with Gasteiger partial charge in [0.05, 0.1) is 0 Å². The maximum Gasteiger partial charge on any atom is 0.340 e. The first-order chi connectivity index (χ1) is 13.6. The van der Waals surface area contributed by atoms with Crippen LogP contribution in [0.3, 0.4) is 0 Å². The summed E-state index contributed by atoms with van der Waals surface area (Å²) in [6.07, 6.45) is -0.466. The number of carboxylic acids is 1. The minimum atomic E-state index is -1.31. The summed E-state index contributed by atoms with van der Waals surface area (Å²) in [6.45, 7) is 10.4. The molecule has 0 saturated carbocycles. The first-order valence-electron chi connectivity index (χ1n) is 9.56. The van der Waals surface area contributed by atoms with Crippen LogP contribution in [-0.4, -0.2) is 5.97 Å². The molecule has 5 nitrogen and oxygen atoms in total. The molecule has 0 amide bonds. The highest BCUT2D eigenvalue weighted by molar-refractivity contribution is 5.86. The first-order valence-corrected chi connectivity index (χ1v) is 9.56. The summed E-state index contributed by atoms with van der Waals surface area (Å²) in [4.78, 5) is 23.2. The van der Waals surface area contributed by atoms with Gasteiger partial charge in [-0.15, -0.1) is 0 Å². The molecule has 0 spiro atoms. The second-order valence-electron chi connectivity index (χ2n) is 8.34. The Morgan fingerprint density at radius 1 is 1.03 bits per heavy atom. The maximum absolute atomic E-state index is 12.2. The van der Waals surface area contributed by atoms with Crippen molar-refractivity contribution in [2.45, 2.75) is 53.1 Å². The minimum Gasteiger partial charge on any atom is -0.550 e. The van der Waals surface area contributed by atoms with Crippen molar-refractivity contribution in [1.82, 2.24) is 0 Å². The lowest BCUT2D eigenvalue weighted by atomic mass is 9.87. The summed E-state index contributed by atoms with van der Waals surface area (Å²) in [5.74, 6) is -0.693. The minimum absolute atomic E-state index is 0.0965. The van der Waals surface area contributed by atoms with E-state index in [0.29, 0.717) is 34.5 Å². The molecule has 0 aliphatic heterocycles. The third kappa shape index (κ3) is 4.34. The summed E-state index contributed by atoms with van der Waals surface area (Å²) in [5, 5.41) is 11.6. The summed E-state index contributed by atoms with van der Waals surface area (Å²) < 4.78 is 11.4. The van der Waals surface area contributed by atoms with Crippen molar-refractivity contribution in [2.24, 2.45) is 0 Å². The zero-order valence-corrected chi connectivity index (χ0v) is 17.4. The number of aliphatic carboxylic acids is 1. The Bertz CT molecular complexity index is 1120. The van der Waals surface area contributed by atoms with E-state index in [0.717, 1.165) is 5.56 Å². The number of carbonyl (C=O) groups is 1. The number of aryl methyl sites for hydroxylation is 2. The van der Waals surface area contributed by atoms with Crippen LogP contribution in [-0.2, 0) is 23.2 Å². The Kier molecular flexibility index (Phi) is 5.51. The van der Waals surface area contributed by atoms with Crippen LogP contribution in [0.15, 0.2) is 45.6 Å². The molecule has 1 aromatic heterocycles. The monoisotopic (exact) mass is 393 g/mol. The Balaban J connectivity index is 1.88. The van der Waals surface area contributed by atoms with Crippen LogP contribution in [0.1, 0.15) is 48.6 Å². The summed E-state index contributed by atoms with van der Waals surface area (Å²) >= 11 is 0. The lowest BCUT2D eigenvalue weighted by Gasteiger charge is -2.19. The Morgan fingerprint density at radius 3 is 2.28 bits per heavy atom. The molecule has 0 saturated heterocycles. The fourth-order valence-corrected chi connectivity index (χ4v) is 3.34. The number of hydrogen-bond donors (Lipinski definition) is 0. The van der Waals surface area contributed by atoms with Crippen molar-refractivity contribution in [3.63, 3.8) is 0 Å². The van der Waals surface area contributed by atoms with Crippen LogP contribution < -0.4 is 15.5 Å². The van der Waals surface area contributed by atoms with Gasteiger partial charge in [0.25, 0.3) is 0 Å². The maximum atomic E-state index is 12.2. The van der Waals surface area contributed by atoms with E-state index in [1.807, 2.05) is 25.1 Å². The number of fused-ring (bicyclic) bond motifs is 1. The summed E-state index contributed by atoms with van der Waals surface area (Å²) in [7, 11) is 0. The average Bonchev–Trinajstić information content (AvgIpc) is 2.64. The van der Waals surface area contributed by atoms with E-state index in [1.54, 1.807) is 13.0 Å². The van der Waals surface area contributed by atoms with Crippen LogP contribution in [0.4, 0.5) is 0 Å². The largest absolute Gasteiger partial charge is 0.550 e. The zero-order valence-electron chi connectivity index (χ0n) is 17.4. The van der Waals surface area contributed by atoms with E-state index in [4.69, 9.17) is 9.15 Å². The molecule has 1 heterocycles. The smallest absolute Gasteiger partial charge is 0.340 e. The average molecular weight is 393 g/mol. The molecular formula is C24H25O5-. The highest BCUT2D eigenvalue weighted by Crippen LogP contribution is 2.30. The predicted octanol–water partition coefficient (Wildman–Crippen LogP) is 3.58. The zero-order chi connectivity index (χ0) is 21.3. The number of carboxylic acid groups (broad SMARTS) is 1. The van der Waals surface area contributed by atoms with Crippen molar-refractivity contribution < 1.29 is 19.1 Å². The van der Waals surface area contributed by atoms with Gasteiger partial charge in [-0.25, -0.2) is 4.79 Å². The second kappa shape index (κ2) is 7.74. The highest BCUT2D eigenvalue weighted by Gasteiger charge is 2.16. The van der Waals surface area contributed by atoms with Crippen LogP contribution in [0.25, 0.3) is 11.0 Å². The predicted molar refractivity (Wildman–Crippen MR) is 110 cm³/mol. The molecule has 29 heavy (non-hydrogen) atoms. The third-order valence-corrected chi connectivity index (χ3v) is 5.19. The molecule has 0 unspecified atom stereocenters. The van der Waals surface area contributed by atoms with E-state index < -0.39 is 18.0 Å². The molecule has 152 valence electrons. The molecule has 3 aromatic rings. The van der Waals surface area contributed by atoms with Crippen molar-refractivity contribution in [3.8, 4) is 5.75 Å². The molecular weight excluding hydrogens is 368 g/mol. The quantitative estimate of drug-likeness (QED) is 0.619. The number of carbonyl (C=O) groups excluding carboxylic acids is 1. The fraction of sp³-hybridized carbons (Fsp3) is 0.333. The van der Waals surface area contributed by atoms with E-state index >= 15 is 0 Å². The molecule has 2 aromatic carbocycles. The van der Waals surface area contributed by atoms with Gasteiger partial charge in [-0.3, -0.25) is 0 Å². The molecule has 0 bridgehead atoms. The van der Waals surface area contributed by atoms with Gasteiger partial charge in [-0.05, 0) is 48.1 Å². The topological polar surface area (TPSA) is 79.6 Å². The molecule has 0 N–H and O–H groups in total. The van der Waals surface area contributed by atoms with Crippen molar-refractivity contribution in [2.75, 3.05) is 0 Å². The van der Waals surface area contributed by atoms with Crippen molar-refractivity contribution in [1.29, 1.82) is 0 Å². The summed E-state index contributed by atoms with van der Waals surface area (Å²) in [5.41, 5.74) is 3.56. The Labute approximate surface area is 169 Å². The van der Waals surface area contributed by atoms with Crippen LogP contribution >= 0.6 is 0 Å². The van der Waals surface area contributed by atoms with Gasteiger partial charge in [-0.1, -0.05) is 45.0 Å². The number of benzene rings is 2. The van der Waals surface area contributed by atoms with Gasteiger partial charge in [0, 0.05) is 28.9 Å². The normalized spacial score (nSPS) is 11.6. The molecule has 0 aliphatic carbocycles. The molecule has 0 atom stereocenters. The van der Waals surface area contributed by atoms with Crippen LogP contribution in [0.5, 0.6) is 5.75 Å². The van der Waals surface area contributed by atoms with Crippen LogP contribution in [0.2, 0.25) is 0 Å². The van der Waals surface area contributed by atoms with Gasteiger partial charge >= 0.3 is 5.63 Å². The fourth-order valence-electron chi connectivity index (χ4n) is 3.34. The Hall–Kier alpha value is -3.08. The highest BCUT2D eigenvalue weighted by atomic mass is 16.5. The number of hydrogen-bond acceptors (Lipinski definition) is 5. The van der Waals surface area contributed by atoms with E-state index in [9.17, 15) is 14.7 Å². The van der Waals surface area contributed by atoms with Crippen molar-refractivity contribution >= 4 is 16.9 Å². The molecule has 0 fully saturated rings. The van der Waals surface area contributed by atoms with Crippen LogP contribution in [0, 0.1) is 13.8 Å².